The van der Waals surface area contributed by atoms with Crippen molar-refractivity contribution >= 4 is 10.0 Å². The zero-order valence-corrected chi connectivity index (χ0v) is 15.0. The van der Waals surface area contributed by atoms with E-state index in [1.165, 1.54) is 0 Å². The van der Waals surface area contributed by atoms with Crippen molar-refractivity contribution in [3.05, 3.63) is 53.6 Å². The summed E-state index contributed by atoms with van der Waals surface area (Å²) in [5.74, 6) is 1.10. The first kappa shape index (κ1) is 16.4. The van der Waals surface area contributed by atoms with Crippen LogP contribution in [0.2, 0.25) is 0 Å². The molecule has 0 bridgehead atoms. The number of sulfonamides is 1. The minimum atomic E-state index is -3.58. The molecular formula is C19H21NO4S. The second kappa shape index (κ2) is 6.35. The van der Waals surface area contributed by atoms with Crippen molar-refractivity contribution in [2.75, 3.05) is 19.8 Å². The molecule has 1 fully saturated rings. The first-order valence-corrected chi connectivity index (χ1v) is 9.98. The highest BCUT2D eigenvalue weighted by molar-refractivity contribution is 7.89. The van der Waals surface area contributed by atoms with E-state index in [4.69, 9.17) is 9.47 Å². The lowest BCUT2D eigenvalue weighted by molar-refractivity contribution is 0.171. The van der Waals surface area contributed by atoms with E-state index in [0.29, 0.717) is 31.3 Å². The molecule has 4 rings (SSSR count). The first-order valence-electron chi connectivity index (χ1n) is 8.54. The van der Waals surface area contributed by atoms with Crippen LogP contribution in [0, 0.1) is 6.92 Å². The molecule has 1 saturated heterocycles. The van der Waals surface area contributed by atoms with Gasteiger partial charge in [0.1, 0.15) is 13.2 Å². The topological polar surface area (TPSA) is 55.8 Å². The predicted molar refractivity (Wildman–Crippen MR) is 94.5 cm³/mol. The Morgan fingerprint density at radius 2 is 1.84 bits per heavy atom. The van der Waals surface area contributed by atoms with Crippen molar-refractivity contribution in [3.8, 4) is 11.5 Å². The summed E-state index contributed by atoms with van der Waals surface area (Å²) in [6.45, 7) is 3.49. The molecule has 0 spiro atoms. The molecule has 0 unspecified atom stereocenters. The monoisotopic (exact) mass is 359 g/mol. The lowest BCUT2D eigenvalue weighted by Gasteiger charge is -2.25. The van der Waals surface area contributed by atoms with Gasteiger partial charge in [0.2, 0.25) is 10.0 Å². The molecule has 2 aliphatic heterocycles. The number of hydrogen-bond donors (Lipinski definition) is 0. The Bertz CT molecular complexity index is 894. The van der Waals surface area contributed by atoms with Crippen LogP contribution in [0.15, 0.2) is 47.4 Å². The van der Waals surface area contributed by atoms with Gasteiger partial charge in [0.05, 0.1) is 10.9 Å². The number of rotatable bonds is 3. The second-order valence-electron chi connectivity index (χ2n) is 6.49. The highest BCUT2D eigenvalue weighted by atomic mass is 32.2. The maximum atomic E-state index is 13.2. The van der Waals surface area contributed by atoms with Gasteiger partial charge >= 0.3 is 0 Å². The van der Waals surface area contributed by atoms with Gasteiger partial charge in [-0.3, -0.25) is 0 Å². The van der Waals surface area contributed by atoms with Gasteiger partial charge < -0.3 is 9.47 Å². The number of hydrogen-bond acceptors (Lipinski definition) is 4. The number of aryl methyl sites for hydroxylation is 1. The molecule has 2 aromatic rings. The molecule has 132 valence electrons. The van der Waals surface area contributed by atoms with E-state index in [2.05, 4.69) is 6.07 Å². The smallest absolute Gasteiger partial charge is 0.243 e. The van der Waals surface area contributed by atoms with Gasteiger partial charge in [-0.15, -0.1) is 0 Å². The molecule has 2 aromatic carbocycles. The van der Waals surface area contributed by atoms with Gasteiger partial charge in [0.25, 0.3) is 0 Å². The van der Waals surface area contributed by atoms with E-state index in [-0.39, 0.29) is 10.9 Å². The summed E-state index contributed by atoms with van der Waals surface area (Å²) in [7, 11) is -3.58. The van der Waals surface area contributed by atoms with Gasteiger partial charge in [-0.2, -0.15) is 4.31 Å². The van der Waals surface area contributed by atoms with Crippen LogP contribution in [-0.2, 0) is 10.0 Å². The molecule has 6 heteroatoms. The Morgan fingerprint density at radius 1 is 1.04 bits per heavy atom. The molecule has 0 radical (unpaired) electrons. The van der Waals surface area contributed by atoms with Crippen molar-refractivity contribution < 1.29 is 17.9 Å². The van der Waals surface area contributed by atoms with Gasteiger partial charge in [0, 0.05) is 12.6 Å². The third-order valence-electron chi connectivity index (χ3n) is 4.75. The van der Waals surface area contributed by atoms with E-state index in [1.54, 1.807) is 22.5 Å². The molecule has 0 N–H and O–H groups in total. The quantitative estimate of drug-likeness (QED) is 0.844. The van der Waals surface area contributed by atoms with E-state index in [1.807, 2.05) is 25.1 Å². The number of nitrogens with zero attached hydrogens (tertiary/aromatic N) is 1. The van der Waals surface area contributed by atoms with E-state index >= 15 is 0 Å². The average molecular weight is 359 g/mol. The highest BCUT2D eigenvalue weighted by Crippen LogP contribution is 2.39. The van der Waals surface area contributed by atoms with Crippen LogP contribution >= 0.6 is 0 Å². The largest absolute Gasteiger partial charge is 0.486 e. The molecule has 5 nitrogen and oxygen atoms in total. The van der Waals surface area contributed by atoms with Gasteiger partial charge in [-0.1, -0.05) is 29.8 Å². The molecular weight excluding hydrogens is 338 g/mol. The molecule has 0 saturated carbocycles. The predicted octanol–water partition coefficient (Wildman–Crippen LogP) is 3.29. The Balaban J connectivity index is 1.69. The fraction of sp³-hybridized carbons (Fsp3) is 0.368. The van der Waals surface area contributed by atoms with E-state index in [9.17, 15) is 8.42 Å². The summed E-state index contributed by atoms with van der Waals surface area (Å²) in [5.41, 5.74) is 2.19. The zero-order valence-electron chi connectivity index (χ0n) is 14.1. The maximum Gasteiger partial charge on any atom is 0.243 e. The Labute approximate surface area is 148 Å². The fourth-order valence-corrected chi connectivity index (χ4v) is 5.26. The number of fused-ring (bicyclic) bond motifs is 1. The van der Waals surface area contributed by atoms with Crippen molar-refractivity contribution in [3.63, 3.8) is 0 Å². The maximum absolute atomic E-state index is 13.2. The molecule has 1 atom stereocenters. The van der Waals surface area contributed by atoms with Gasteiger partial charge in [0.15, 0.2) is 11.5 Å². The van der Waals surface area contributed by atoms with Crippen molar-refractivity contribution in [2.24, 2.45) is 0 Å². The van der Waals surface area contributed by atoms with Crippen LogP contribution in [0.3, 0.4) is 0 Å². The van der Waals surface area contributed by atoms with Crippen molar-refractivity contribution in [1.29, 1.82) is 0 Å². The normalized spacial score (nSPS) is 20.6. The molecule has 25 heavy (non-hydrogen) atoms. The highest BCUT2D eigenvalue weighted by Gasteiger charge is 2.36. The van der Waals surface area contributed by atoms with E-state index in [0.717, 1.165) is 24.0 Å². The standard InChI is InChI=1S/C19H21NO4S/c1-14-4-2-5-15(12-14)17-6-3-9-20(17)25(21,22)16-7-8-18-19(13-16)24-11-10-23-18/h2,4-5,7-8,12-13,17H,3,6,9-11H2,1H3/t17-/m0/s1. The van der Waals surface area contributed by atoms with Crippen LogP contribution in [0.4, 0.5) is 0 Å². The molecule has 2 heterocycles. The molecule has 0 amide bonds. The van der Waals surface area contributed by atoms with Crippen LogP contribution in [0.5, 0.6) is 11.5 Å². The lowest BCUT2D eigenvalue weighted by Crippen LogP contribution is -2.31. The summed E-state index contributed by atoms with van der Waals surface area (Å²) in [6, 6.07) is 12.8. The molecule has 0 aliphatic carbocycles. The minimum absolute atomic E-state index is 0.113. The molecule has 2 aliphatic rings. The second-order valence-corrected chi connectivity index (χ2v) is 8.38. The zero-order chi connectivity index (χ0) is 17.4. The summed E-state index contributed by atoms with van der Waals surface area (Å²) >= 11 is 0. The minimum Gasteiger partial charge on any atom is -0.486 e. The van der Waals surface area contributed by atoms with Crippen LogP contribution in [0.25, 0.3) is 0 Å². The van der Waals surface area contributed by atoms with Crippen LogP contribution in [-0.4, -0.2) is 32.5 Å². The van der Waals surface area contributed by atoms with Gasteiger partial charge in [-0.05, 0) is 37.5 Å². The Kier molecular flexibility index (Phi) is 4.17. The van der Waals surface area contributed by atoms with Crippen LogP contribution < -0.4 is 9.47 Å². The average Bonchev–Trinajstić information content (AvgIpc) is 3.12. The van der Waals surface area contributed by atoms with E-state index < -0.39 is 10.0 Å². The number of ether oxygens (including phenoxy) is 2. The summed E-state index contributed by atoms with van der Waals surface area (Å²) in [4.78, 5) is 0.260. The Hall–Kier alpha value is -2.05. The number of benzene rings is 2. The van der Waals surface area contributed by atoms with Gasteiger partial charge in [-0.25, -0.2) is 8.42 Å². The van der Waals surface area contributed by atoms with Crippen LogP contribution in [0.1, 0.15) is 30.0 Å². The van der Waals surface area contributed by atoms with Crippen molar-refractivity contribution in [1.82, 2.24) is 4.31 Å². The lowest BCUT2D eigenvalue weighted by atomic mass is 10.0. The fourth-order valence-electron chi connectivity index (χ4n) is 3.56. The first-order chi connectivity index (χ1) is 12.1. The summed E-state index contributed by atoms with van der Waals surface area (Å²) < 4.78 is 39.1. The third-order valence-corrected chi connectivity index (χ3v) is 6.65. The Morgan fingerprint density at radius 3 is 2.64 bits per heavy atom. The molecule has 0 aromatic heterocycles. The van der Waals surface area contributed by atoms with Crippen molar-refractivity contribution in [2.45, 2.75) is 30.7 Å². The summed E-state index contributed by atoms with van der Waals surface area (Å²) in [5, 5.41) is 0. The summed E-state index contributed by atoms with van der Waals surface area (Å²) in [6.07, 6.45) is 1.70. The SMILES string of the molecule is Cc1cccc([C@@H]2CCCN2S(=O)(=O)c2ccc3c(c2)OCCO3)c1. The third kappa shape index (κ3) is 3.00.